The Morgan fingerprint density at radius 3 is 1.21 bits per heavy atom. The van der Waals surface area contributed by atoms with E-state index in [1.54, 1.807) is 79.3 Å². The first kappa shape index (κ1) is 102. The van der Waals surface area contributed by atoms with Crippen molar-refractivity contribution in [3.63, 3.8) is 0 Å². The summed E-state index contributed by atoms with van der Waals surface area (Å²) in [4.78, 5) is 81.3. The number of aryl methyl sites for hydroxylation is 2. The molecule has 0 bridgehead atoms. The molecule has 0 aromatic heterocycles. The zero-order chi connectivity index (χ0) is 98.1. The van der Waals surface area contributed by atoms with Crippen molar-refractivity contribution in [1.29, 1.82) is 0 Å². The lowest BCUT2D eigenvalue weighted by atomic mass is 9.99. The molecule has 4 amide bonds. The molecule has 0 aliphatic carbocycles. The minimum absolute atomic E-state index is 0.000809. The molecule has 10 aromatic rings. The quantitative estimate of drug-likeness (QED) is 0.0212. The van der Waals surface area contributed by atoms with E-state index in [4.69, 9.17) is 78.4 Å². The van der Waals surface area contributed by atoms with Gasteiger partial charge in [-0.25, -0.2) is 0 Å². The first-order valence-electron chi connectivity index (χ1n) is 47.2. The van der Waals surface area contributed by atoms with E-state index in [0.29, 0.717) is 153 Å². The Hall–Kier alpha value is -11.3. The topological polar surface area (TPSA) is 256 Å². The molecule has 0 saturated carbocycles. The van der Waals surface area contributed by atoms with Crippen LogP contribution < -0.4 is 57.8 Å². The number of fused-ring (bicyclic) bond motifs is 16. The molecule has 31 heteroatoms. The number of amides is 4. The number of phenolic OH excluding ortho intramolecular Hbond substituents is 1. The van der Waals surface area contributed by atoms with Crippen molar-refractivity contribution < 1.29 is 81.1 Å². The average molecular weight is 1990 g/mol. The Bertz CT molecular complexity index is 6220. The largest absolute Gasteiger partial charge is 0.504 e. The lowest BCUT2D eigenvalue weighted by Crippen LogP contribution is -2.38. The molecule has 0 radical (unpaired) electrons. The number of nitrogens with zero attached hydrogens (tertiary/aromatic N) is 9. The van der Waals surface area contributed by atoms with Crippen LogP contribution in [0.5, 0.6) is 40.2 Å². The van der Waals surface area contributed by atoms with Crippen molar-refractivity contribution in [2.24, 2.45) is 15.0 Å². The van der Waals surface area contributed by atoms with Crippen LogP contribution in [0.4, 0.5) is 51.2 Å². The highest BCUT2D eigenvalue weighted by Crippen LogP contribution is 2.48. The number of alkyl halides is 1. The van der Waals surface area contributed by atoms with Gasteiger partial charge in [-0.3, -0.25) is 48.9 Å². The number of ether oxygens (including phenoxy) is 12. The van der Waals surface area contributed by atoms with Crippen LogP contribution in [0.1, 0.15) is 131 Å². The zero-order valence-corrected chi connectivity index (χ0v) is 85.4. The molecule has 140 heavy (non-hydrogen) atoms. The maximum atomic E-state index is 14.2. The number of phenols is 1. The second-order valence-corrected chi connectivity index (χ2v) is 42.9. The van der Waals surface area contributed by atoms with Gasteiger partial charge in [0.25, 0.3) is 23.6 Å². The van der Waals surface area contributed by atoms with E-state index in [9.17, 15) is 24.3 Å². The minimum Gasteiger partial charge on any atom is -0.504 e. The van der Waals surface area contributed by atoms with Crippen LogP contribution in [0, 0.1) is 6.92 Å². The fraction of sp³-hybridized carbons (Fsp3) is 0.385. The number of carbonyl (C=O) groups excluding carboxylic acids is 4. The van der Waals surface area contributed by atoms with Crippen LogP contribution in [-0.4, -0.2) is 221 Å². The molecule has 0 spiro atoms. The summed E-state index contributed by atoms with van der Waals surface area (Å²) in [5, 5.41) is 9.88. The number of methoxy groups -OCH3 is 5. The number of aliphatic imine (C=N–C) groups is 3. The maximum Gasteiger partial charge on any atom is 0.261 e. The van der Waals surface area contributed by atoms with Crippen molar-refractivity contribution >= 4 is 148 Å². The van der Waals surface area contributed by atoms with Crippen molar-refractivity contribution in [3.8, 4) is 40.2 Å². The minimum atomic E-state index is -0.138. The Labute approximate surface area is 840 Å². The van der Waals surface area contributed by atoms with Crippen LogP contribution in [0.2, 0.25) is 0 Å². The number of anilines is 6. The predicted molar refractivity (Wildman–Crippen MR) is 565 cm³/mol. The Morgan fingerprint density at radius 2 is 0.764 bits per heavy atom. The molecule has 0 saturated heterocycles. The van der Waals surface area contributed by atoms with E-state index in [1.807, 2.05) is 159 Å². The highest BCUT2D eigenvalue weighted by Gasteiger charge is 2.42. The molecule has 8 aliphatic heterocycles. The first-order chi connectivity index (χ1) is 68.0. The molecular formula is C109H122ClN9O17S4. The number of benzene rings is 10. The van der Waals surface area contributed by atoms with Gasteiger partial charge in [0.05, 0.1) is 139 Å². The van der Waals surface area contributed by atoms with E-state index in [1.165, 1.54) is 18.7 Å². The van der Waals surface area contributed by atoms with Crippen LogP contribution >= 0.6 is 54.8 Å². The number of para-hydroxylation sites is 4. The lowest BCUT2D eigenvalue weighted by Gasteiger charge is -2.34. The summed E-state index contributed by atoms with van der Waals surface area (Å²) in [6.45, 7) is 20.0. The number of hydrogen-bond acceptors (Lipinski definition) is 26. The molecule has 0 fully saturated rings. The van der Waals surface area contributed by atoms with Gasteiger partial charge >= 0.3 is 0 Å². The van der Waals surface area contributed by atoms with Crippen molar-refractivity contribution in [2.45, 2.75) is 133 Å². The average Bonchev–Trinajstić information content (AvgIpc) is 1.60. The maximum absolute atomic E-state index is 14.2. The number of aromatic hydroxyl groups is 1. The van der Waals surface area contributed by atoms with Gasteiger partial charge < -0.3 is 76.6 Å². The fourth-order valence-electron chi connectivity index (χ4n) is 19.1. The third kappa shape index (κ3) is 23.9. The van der Waals surface area contributed by atoms with Crippen molar-refractivity contribution in [1.82, 2.24) is 0 Å². The van der Waals surface area contributed by atoms with Gasteiger partial charge in [-0.05, 0) is 207 Å². The number of carbonyl (C=O) groups is 4. The normalized spacial score (nSPS) is 16.5. The third-order valence-electron chi connectivity index (χ3n) is 25.6. The summed E-state index contributed by atoms with van der Waals surface area (Å²) >= 11 is 6.42. The molecule has 8 aliphatic rings. The molecule has 1 N–H and O–H groups in total. The van der Waals surface area contributed by atoms with E-state index >= 15 is 0 Å². The highest BCUT2D eigenvalue weighted by molar-refractivity contribution is 8.77. The monoisotopic (exact) mass is 1990 g/mol. The number of rotatable bonds is 41. The highest BCUT2D eigenvalue weighted by atomic mass is 35.5. The van der Waals surface area contributed by atoms with Crippen LogP contribution in [-0.2, 0) is 86.2 Å². The number of halogens is 1. The van der Waals surface area contributed by atoms with Gasteiger partial charge in [0, 0.05) is 158 Å². The third-order valence-corrected chi connectivity index (χ3v) is 31.1. The fourth-order valence-corrected chi connectivity index (χ4v) is 23.6. The smallest absolute Gasteiger partial charge is 0.261 e. The molecule has 10 aromatic carbocycles. The van der Waals surface area contributed by atoms with Crippen LogP contribution in [0.25, 0.3) is 0 Å². The second kappa shape index (κ2) is 47.1. The molecule has 736 valence electrons. The zero-order valence-electron chi connectivity index (χ0n) is 81.3. The van der Waals surface area contributed by atoms with E-state index in [-0.39, 0.29) is 88.6 Å². The van der Waals surface area contributed by atoms with Gasteiger partial charge in [0.1, 0.15) is 25.6 Å². The molecule has 0 unspecified atom stereocenters. The summed E-state index contributed by atoms with van der Waals surface area (Å²) < 4.78 is 69.8. The van der Waals surface area contributed by atoms with Crippen molar-refractivity contribution in [3.05, 3.63) is 260 Å². The van der Waals surface area contributed by atoms with Gasteiger partial charge in [0.15, 0.2) is 34.5 Å². The van der Waals surface area contributed by atoms with E-state index in [0.717, 1.165) is 136 Å². The molecule has 8 heterocycles. The molecule has 4 atom stereocenters. The van der Waals surface area contributed by atoms with Crippen LogP contribution in [0.15, 0.2) is 197 Å². The van der Waals surface area contributed by atoms with Gasteiger partial charge in [0.2, 0.25) is 0 Å². The summed E-state index contributed by atoms with van der Waals surface area (Å²) in [5.74, 6) is 3.09. The SMILES string of the molecule is COCCOCCOCCN(CC(C)(C)SSC)c1cc(CCl)cc(COc2cc3c(cc2OC)C(=O)N2c4ccccc4C[C@H]2C=N3)c1.COCCOCCOCCN(CC(C)(C)SSC)c1cc(COc2cc3c(cc2C)C(=O)N2c4ccccc4C[C@H]2C=N3)cc(COc2cc3c(cc2OC)C(=O)N2c4ccccc4C[C@H]2CC3)c1.COc1cc2c(cc1O)N=C[C@@H]1Cc3ccccc3N1C2=O. The van der Waals surface area contributed by atoms with Crippen LogP contribution in [0.3, 0.4) is 0 Å². The predicted octanol–water partition coefficient (Wildman–Crippen LogP) is 20.5. The van der Waals surface area contributed by atoms with Gasteiger partial charge in [-0.15, -0.1) is 11.6 Å². The van der Waals surface area contributed by atoms with Gasteiger partial charge in [-0.1, -0.05) is 122 Å². The summed E-state index contributed by atoms with van der Waals surface area (Å²) in [6, 6.07) is 59.0. The molecular weight excluding hydrogens is 1870 g/mol. The first-order valence-corrected chi connectivity index (χ1v) is 52.8. The Kier molecular flexibility index (Phi) is 34.2. The van der Waals surface area contributed by atoms with Crippen molar-refractivity contribution in [2.75, 3.05) is 170 Å². The molecule has 26 nitrogen and oxygen atoms in total. The van der Waals surface area contributed by atoms with Gasteiger partial charge in [-0.2, -0.15) is 0 Å². The lowest BCUT2D eigenvalue weighted by molar-refractivity contribution is 0.0264. The summed E-state index contributed by atoms with van der Waals surface area (Å²) in [7, 11) is 15.2. The Balaban J connectivity index is 0.000000171. The molecule has 18 rings (SSSR count). The standard InChI is InChI=1S/C55H62N4O8S2.C37H46ClN3O6S2.C17H14N2O3/c1-36-23-46-47(56-32-44-28-41-12-8-10-14-49(41)59(44)54(46)61)31-50(36)66-33-37-24-38(26-43(25-37)57(35-55(2,3)69-68-6)17-18-64-21-22-65-20-19-62-4)34-67-52-29-39-15-16-42-27-40-11-7-9-13-48(40)58(42)53(60)45(39)30-51(52)63-5;1-37(2,49-48-5)25-40(10-11-45-14-15-46-13-12-43-3)29-17-26(22-38)16-27(18-29)24-47-35-21-32-31(20-34(35)44-4)36(42)41-30(23-39-32)19-28-8-6-7-9-33(28)41;1-22-16-7-12-13(8-15(16)20)18-9-11-6-10-4-2-3-5-14(10)19(11)17(12)21/h7-14,23-26,29-32,42,44H,15-22,27-28,33-35H2,1-6H3;6-9,16-18,20-21,23,30H,10-15,19,22,24-25H2,1-5H3;2-5,7-9,11,20H,6H2,1H3/t42-,44+;30-;11-/m100/s1. The Morgan fingerprint density at radius 1 is 0.400 bits per heavy atom. The summed E-state index contributed by atoms with van der Waals surface area (Å²) in [5.41, 5.74) is 19.9. The second-order valence-electron chi connectivity index (χ2n) is 36.4. The summed E-state index contributed by atoms with van der Waals surface area (Å²) in [6.07, 6.45) is 14.4. The van der Waals surface area contributed by atoms with E-state index in [2.05, 4.69) is 110 Å². The van der Waals surface area contributed by atoms with E-state index < -0.39 is 0 Å². The number of hydrogen-bond donors (Lipinski definition) is 1.